The lowest BCUT2D eigenvalue weighted by molar-refractivity contribution is -0.130. The molecular formula is C19H18N2O5. The molecule has 1 aliphatic rings. The summed E-state index contributed by atoms with van der Waals surface area (Å²) in [5.41, 5.74) is 1.04. The third-order valence-electron chi connectivity index (χ3n) is 3.94. The van der Waals surface area contributed by atoms with Crippen LogP contribution in [0.2, 0.25) is 0 Å². The maximum atomic E-state index is 12.1. The van der Waals surface area contributed by atoms with E-state index < -0.39 is 12.0 Å². The van der Waals surface area contributed by atoms with Crippen molar-refractivity contribution in [2.24, 2.45) is 0 Å². The summed E-state index contributed by atoms with van der Waals surface area (Å²) in [4.78, 5) is 36.2. The van der Waals surface area contributed by atoms with Crippen molar-refractivity contribution in [3.8, 4) is 11.5 Å². The Morgan fingerprint density at radius 2 is 1.88 bits per heavy atom. The number of benzene rings is 2. The molecule has 2 aromatic carbocycles. The second kappa shape index (κ2) is 7.69. The van der Waals surface area contributed by atoms with Crippen molar-refractivity contribution >= 4 is 23.3 Å². The Morgan fingerprint density at radius 3 is 2.62 bits per heavy atom. The molecule has 0 aliphatic carbocycles. The molecule has 0 fully saturated rings. The van der Waals surface area contributed by atoms with Crippen molar-refractivity contribution in [3.05, 3.63) is 54.1 Å². The number of rotatable bonds is 6. The van der Waals surface area contributed by atoms with Crippen LogP contribution in [0.1, 0.15) is 16.8 Å². The second-order valence-corrected chi connectivity index (χ2v) is 5.72. The van der Waals surface area contributed by atoms with Gasteiger partial charge in [0.1, 0.15) is 11.5 Å². The van der Waals surface area contributed by atoms with Gasteiger partial charge in [0, 0.05) is 5.56 Å². The zero-order chi connectivity index (χ0) is 18.5. The van der Waals surface area contributed by atoms with Gasteiger partial charge in [-0.25, -0.2) is 0 Å². The van der Waals surface area contributed by atoms with Gasteiger partial charge in [-0.2, -0.15) is 0 Å². The molecule has 2 aromatic rings. The van der Waals surface area contributed by atoms with E-state index in [1.165, 1.54) is 0 Å². The number of anilines is 1. The number of para-hydroxylation sites is 2. The summed E-state index contributed by atoms with van der Waals surface area (Å²) in [5.74, 6) is 0.0950. The third kappa shape index (κ3) is 4.00. The second-order valence-electron chi connectivity index (χ2n) is 5.72. The quantitative estimate of drug-likeness (QED) is 0.772. The number of carbonyl (C=O) groups excluding carboxylic acids is 3. The van der Waals surface area contributed by atoms with Gasteiger partial charge >= 0.3 is 0 Å². The Morgan fingerprint density at radius 1 is 1.15 bits per heavy atom. The van der Waals surface area contributed by atoms with Crippen molar-refractivity contribution in [2.75, 3.05) is 19.0 Å². The lowest BCUT2D eigenvalue weighted by Crippen LogP contribution is -2.41. The topological polar surface area (TPSA) is 93.7 Å². The van der Waals surface area contributed by atoms with E-state index in [9.17, 15) is 14.4 Å². The fraction of sp³-hybridized carbons (Fsp3) is 0.211. The van der Waals surface area contributed by atoms with E-state index in [0.29, 0.717) is 22.7 Å². The summed E-state index contributed by atoms with van der Waals surface area (Å²) in [6.07, 6.45) is -1.10. The van der Waals surface area contributed by atoms with Crippen molar-refractivity contribution in [1.82, 2.24) is 5.32 Å². The van der Waals surface area contributed by atoms with Crippen molar-refractivity contribution < 1.29 is 23.9 Å². The molecule has 1 aliphatic heterocycles. The molecule has 0 saturated heterocycles. The summed E-state index contributed by atoms with van der Waals surface area (Å²) in [5, 5.41) is 5.22. The molecule has 0 bridgehead atoms. The highest BCUT2D eigenvalue weighted by molar-refractivity contribution is 6.01. The van der Waals surface area contributed by atoms with E-state index in [4.69, 9.17) is 9.47 Å². The summed E-state index contributed by atoms with van der Waals surface area (Å²) in [6.45, 7) is -0.157. The molecular weight excluding hydrogens is 336 g/mol. The predicted octanol–water partition coefficient (Wildman–Crippen LogP) is 1.78. The predicted molar refractivity (Wildman–Crippen MR) is 94.4 cm³/mol. The number of carbonyl (C=O) groups is 3. The van der Waals surface area contributed by atoms with Crippen LogP contribution in [-0.4, -0.2) is 37.4 Å². The van der Waals surface area contributed by atoms with E-state index in [-0.39, 0.29) is 24.7 Å². The van der Waals surface area contributed by atoms with Crippen LogP contribution in [0.4, 0.5) is 5.69 Å². The molecule has 7 heteroatoms. The largest absolute Gasteiger partial charge is 0.497 e. The summed E-state index contributed by atoms with van der Waals surface area (Å²) < 4.78 is 10.6. The molecule has 3 rings (SSSR count). The monoisotopic (exact) mass is 354 g/mol. The van der Waals surface area contributed by atoms with Crippen molar-refractivity contribution in [3.63, 3.8) is 0 Å². The first-order chi connectivity index (χ1) is 12.6. The maximum absolute atomic E-state index is 12.1. The normalized spacial score (nSPS) is 15.3. The van der Waals surface area contributed by atoms with Gasteiger partial charge in [0.25, 0.3) is 5.91 Å². The Kier molecular flexibility index (Phi) is 5.17. The molecule has 1 atom stereocenters. The number of fused-ring (bicyclic) bond motifs is 1. The Bertz CT molecular complexity index is 832. The van der Waals surface area contributed by atoms with Crippen LogP contribution >= 0.6 is 0 Å². The van der Waals surface area contributed by atoms with Gasteiger partial charge in [-0.1, -0.05) is 12.1 Å². The van der Waals surface area contributed by atoms with Gasteiger partial charge in [-0.05, 0) is 36.4 Å². The number of amides is 2. The zero-order valence-electron chi connectivity index (χ0n) is 14.2. The van der Waals surface area contributed by atoms with Gasteiger partial charge in [-0.3, -0.25) is 14.4 Å². The first-order valence-corrected chi connectivity index (χ1v) is 8.07. The number of methoxy groups -OCH3 is 1. The van der Waals surface area contributed by atoms with E-state index in [0.717, 1.165) is 0 Å². The van der Waals surface area contributed by atoms with E-state index in [1.807, 2.05) is 0 Å². The van der Waals surface area contributed by atoms with E-state index >= 15 is 0 Å². The van der Waals surface area contributed by atoms with Crippen LogP contribution in [-0.2, 0) is 9.59 Å². The van der Waals surface area contributed by atoms with Crippen molar-refractivity contribution in [2.45, 2.75) is 12.5 Å². The van der Waals surface area contributed by atoms with Crippen LogP contribution < -0.4 is 20.1 Å². The third-order valence-corrected chi connectivity index (χ3v) is 3.94. The van der Waals surface area contributed by atoms with Crippen LogP contribution in [0.3, 0.4) is 0 Å². The average Bonchev–Trinajstić information content (AvgIpc) is 2.66. The van der Waals surface area contributed by atoms with Gasteiger partial charge in [0.05, 0.1) is 25.8 Å². The Balaban J connectivity index is 1.52. The number of ketones is 1. The molecule has 134 valence electrons. The molecule has 1 heterocycles. The maximum Gasteiger partial charge on any atom is 0.266 e. The van der Waals surface area contributed by atoms with E-state index in [1.54, 1.807) is 55.6 Å². The van der Waals surface area contributed by atoms with E-state index in [2.05, 4.69) is 10.6 Å². The highest BCUT2D eigenvalue weighted by Crippen LogP contribution is 2.29. The number of nitrogens with one attached hydrogen (secondary N) is 2. The summed E-state index contributed by atoms with van der Waals surface area (Å²) in [7, 11) is 1.54. The fourth-order valence-electron chi connectivity index (χ4n) is 2.53. The molecule has 7 nitrogen and oxygen atoms in total. The summed E-state index contributed by atoms with van der Waals surface area (Å²) >= 11 is 0. The first-order valence-electron chi connectivity index (χ1n) is 8.07. The Hall–Kier alpha value is -3.35. The summed E-state index contributed by atoms with van der Waals surface area (Å²) in [6, 6.07) is 13.6. The van der Waals surface area contributed by atoms with Gasteiger partial charge in [0.15, 0.2) is 11.9 Å². The van der Waals surface area contributed by atoms with Crippen molar-refractivity contribution in [1.29, 1.82) is 0 Å². The van der Waals surface area contributed by atoms with Gasteiger partial charge < -0.3 is 20.1 Å². The lowest BCUT2D eigenvalue weighted by Gasteiger charge is -2.25. The molecule has 0 unspecified atom stereocenters. The minimum absolute atomic E-state index is 0.157. The molecule has 0 aromatic heterocycles. The van der Waals surface area contributed by atoms with Gasteiger partial charge in [0.2, 0.25) is 5.91 Å². The smallest absolute Gasteiger partial charge is 0.266 e. The molecule has 0 spiro atoms. The standard InChI is InChI=1S/C19H18N2O5/c1-25-13-8-6-12(7-9-13)15(22)11-20-18(23)10-17-19(24)21-14-4-2-3-5-16(14)26-17/h2-9,17H,10-11H2,1H3,(H,20,23)(H,21,24)/t17-/m0/s1. The Labute approximate surface area is 150 Å². The number of hydrogen-bond donors (Lipinski definition) is 2. The highest BCUT2D eigenvalue weighted by atomic mass is 16.5. The molecule has 2 N–H and O–H groups in total. The lowest BCUT2D eigenvalue weighted by atomic mass is 10.1. The fourth-order valence-corrected chi connectivity index (χ4v) is 2.53. The first kappa shape index (κ1) is 17.5. The molecule has 0 saturated carbocycles. The minimum atomic E-state index is -0.930. The number of hydrogen-bond acceptors (Lipinski definition) is 5. The van der Waals surface area contributed by atoms with Crippen LogP contribution in [0.25, 0.3) is 0 Å². The number of ether oxygens (including phenoxy) is 2. The molecule has 26 heavy (non-hydrogen) atoms. The highest BCUT2D eigenvalue weighted by Gasteiger charge is 2.29. The SMILES string of the molecule is COc1ccc(C(=O)CNC(=O)C[C@@H]2Oc3ccccc3NC2=O)cc1. The average molecular weight is 354 g/mol. The van der Waals surface area contributed by atoms with Crippen LogP contribution in [0.5, 0.6) is 11.5 Å². The zero-order valence-corrected chi connectivity index (χ0v) is 14.2. The number of Topliss-reactive ketones (excluding diaryl/α,β-unsaturated/α-hetero) is 1. The van der Waals surface area contributed by atoms with Crippen LogP contribution in [0, 0.1) is 0 Å². The molecule has 2 amide bonds. The van der Waals surface area contributed by atoms with Crippen LogP contribution in [0.15, 0.2) is 48.5 Å². The minimum Gasteiger partial charge on any atom is -0.497 e. The molecule has 0 radical (unpaired) electrons. The van der Waals surface area contributed by atoms with Gasteiger partial charge in [-0.15, -0.1) is 0 Å².